The van der Waals surface area contributed by atoms with Crippen molar-refractivity contribution in [1.82, 2.24) is 84.1 Å². The molecule has 3 aromatic rings. The topological polar surface area (TPSA) is 631 Å². The predicted molar refractivity (Wildman–Crippen MR) is 387 cm³/mol. The lowest BCUT2D eigenvalue weighted by Gasteiger charge is -2.30. The number of aliphatic hydroxyl groups excluding tert-OH is 1. The molecule has 25 N–H and O–H groups in total. The van der Waals surface area contributed by atoms with Crippen molar-refractivity contribution in [2.45, 2.75) is 192 Å². The minimum Gasteiger partial charge on any atom is -0.481 e. The summed E-state index contributed by atoms with van der Waals surface area (Å²) in [6.45, 7) is 12.1. The zero-order chi connectivity index (χ0) is 79.2. The third-order valence-corrected chi connectivity index (χ3v) is 19.1. The maximum atomic E-state index is 14.8. The molecule has 14 unspecified atom stereocenters. The third kappa shape index (κ3) is 28.8. The van der Waals surface area contributed by atoms with Gasteiger partial charge in [-0.05, 0) is 62.5 Å². The Morgan fingerprint density at radius 1 is 0.651 bits per heavy atom. The quantitative estimate of drug-likeness (QED) is 0.0172. The summed E-state index contributed by atoms with van der Waals surface area (Å²) < 4.78 is 0. The number of hydrogen-bond acceptors (Lipinski definition) is 21. The Hall–Kier alpha value is -10.6. The number of aliphatic hydroxyl groups is 1. The smallest absolute Gasteiger partial charge is 0.305 e. The fourth-order valence-corrected chi connectivity index (χ4v) is 12.9. The van der Waals surface area contributed by atoms with E-state index in [4.69, 9.17) is 22.9 Å². The number of H-pyrrole nitrogens is 2. The van der Waals surface area contributed by atoms with E-state index in [1.54, 1.807) is 38.1 Å². The monoisotopic (exact) mass is 1530 g/mol. The van der Waals surface area contributed by atoms with Gasteiger partial charge in [0.1, 0.15) is 72.5 Å². The number of primary amides is 2. The number of aromatic amines is 2. The number of nitrogens with two attached hydrogens (primary N) is 4. The number of aliphatic carboxylic acids is 1. The van der Waals surface area contributed by atoms with Gasteiger partial charge >= 0.3 is 5.97 Å². The van der Waals surface area contributed by atoms with E-state index < -0.39 is 228 Å². The third-order valence-electron chi connectivity index (χ3n) is 16.7. The molecule has 14 atom stereocenters. The first-order valence-corrected chi connectivity index (χ1v) is 36.6. The maximum Gasteiger partial charge on any atom is 0.305 e. The first kappa shape index (κ1) is 87.8. The molecule has 0 spiro atoms. The summed E-state index contributed by atoms with van der Waals surface area (Å²) in [7, 11) is 1.65. The first-order valence-electron chi connectivity index (χ1n) is 34.1. The molecule has 3 heterocycles. The molecule has 15 amide bonds. The van der Waals surface area contributed by atoms with Crippen LogP contribution in [0.25, 0.3) is 10.9 Å². The number of aliphatic imine (C=N–C) groups is 1. The largest absolute Gasteiger partial charge is 0.481 e. The van der Waals surface area contributed by atoms with Crippen LogP contribution in [0.2, 0.25) is 0 Å². The van der Waals surface area contributed by atoms with Gasteiger partial charge in [-0.15, -0.1) is 0 Å². The number of aromatic nitrogens is 3. The molecule has 41 heteroatoms. The predicted octanol–water partition coefficient (Wildman–Crippen LogP) is -5.94. The van der Waals surface area contributed by atoms with Gasteiger partial charge < -0.3 is 112 Å². The Labute approximate surface area is 618 Å². The van der Waals surface area contributed by atoms with Crippen LogP contribution in [-0.2, 0) is 89.6 Å². The number of guanidine groups is 1. The number of nitrogens with zero attached hydrogens (tertiary/aromatic N) is 2. The Morgan fingerprint density at radius 2 is 1.22 bits per heavy atom. The van der Waals surface area contributed by atoms with E-state index in [1.807, 2.05) is 0 Å². The van der Waals surface area contributed by atoms with Gasteiger partial charge in [0, 0.05) is 73.2 Å². The molecule has 0 saturated carbocycles. The van der Waals surface area contributed by atoms with Crippen molar-refractivity contribution in [2.24, 2.45) is 45.7 Å². The molecule has 1 aliphatic rings. The average Bonchev–Trinajstić information content (AvgIpc) is 1.22. The van der Waals surface area contributed by atoms with Gasteiger partial charge in [-0.1, -0.05) is 87.8 Å². The number of fused-ring (bicyclic) bond motifs is 1. The van der Waals surface area contributed by atoms with Crippen LogP contribution in [0.1, 0.15) is 112 Å². The molecule has 1 saturated heterocycles. The Kier molecular flexibility index (Phi) is 35.6. The van der Waals surface area contributed by atoms with Crippen molar-refractivity contribution in [3.8, 4) is 0 Å². The molecule has 1 aromatic carbocycles. The van der Waals surface area contributed by atoms with Crippen molar-refractivity contribution in [2.75, 3.05) is 24.6 Å². The molecule has 106 heavy (non-hydrogen) atoms. The number of carbonyl (C=O) groups excluding carboxylic acids is 15. The van der Waals surface area contributed by atoms with Gasteiger partial charge in [-0.25, -0.2) is 4.98 Å². The highest BCUT2D eigenvalue weighted by molar-refractivity contribution is 8.76. The molecule has 0 aliphatic carbocycles. The lowest BCUT2D eigenvalue weighted by atomic mass is 9.97. The Balaban J connectivity index is 1.91. The Morgan fingerprint density at radius 3 is 1.81 bits per heavy atom. The van der Waals surface area contributed by atoms with Crippen molar-refractivity contribution < 1.29 is 86.9 Å². The van der Waals surface area contributed by atoms with E-state index in [0.717, 1.165) is 28.5 Å². The van der Waals surface area contributed by atoms with Gasteiger partial charge in [0.05, 0.1) is 25.4 Å². The van der Waals surface area contributed by atoms with Gasteiger partial charge in [0.2, 0.25) is 88.6 Å². The number of nitrogens with one attached hydrogen (secondary N) is 15. The lowest BCUT2D eigenvalue weighted by molar-refractivity contribution is -0.141. The zero-order valence-corrected chi connectivity index (χ0v) is 61.8. The van der Waals surface area contributed by atoms with Crippen LogP contribution in [0.3, 0.4) is 0 Å². The van der Waals surface area contributed by atoms with E-state index in [0.29, 0.717) is 22.9 Å². The van der Waals surface area contributed by atoms with E-state index in [2.05, 4.69) is 89.1 Å². The number of rotatable bonds is 24. The summed E-state index contributed by atoms with van der Waals surface area (Å²) in [5.41, 5.74) is 23.5. The fourth-order valence-electron chi connectivity index (χ4n) is 10.6. The van der Waals surface area contributed by atoms with Gasteiger partial charge in [-0.2, -0.15) is 0 Å². The van der Waals surface area contributed by atoms with Crippen molar-refractivity contribution in [3.63, 3.8) is 0 Å². The summed E-state index contributed by atoms with van der Waals surface area (Å²) in [5, 5.41) is 53.5. The molecule has 1 aliphatic heterocycles. The lowest BCUT2D eigenvalue weighted by Crippen LogP contribution is -2.62. The number of amides is 15. The van der Waals surface area contributed by atoms with Crippen LogP contribution in [0.4, 0.5) is 0 Å². The van der Waals surface area contributed by atoms with E-state index >= 15 is 0 Å². The summed E-state index contributed by atoms with van der Waals surface area (Å²) in [6.07, 6.45) is -0.284. The van der Waals surface area contributed by atoms with Gasteiger partial charge in [-0.3, -0.25) is 81.7 Å². The fraction of sp³-hybridized carbons (Fsp3) is 0.569. The molecule has 0 bridgehead atoms. The minimum absolute atomic E-state index is 0.0116. The SMILES string of the molecule is CCC(C)C(NC(C)=O)C(=O)NC1CSSCC(C(=O)NC(C(N)=O)C(C)O)NC(=O)C(CCCN=C(N)N)NC(=O)C(Cc2cnc[nH]2)NC(=O)C(C)NC(=O)CNC(=O)C(Cc2c[nH]c3ccccc23)NC(=O)C(CC(=O)O)NC(=O)C(CCC(N)=O)NC(=O)C(C(C)C)NC(=O)C(C(C)C)NC1=O. The number of para-hydroxylation sites is 1. The molecule has 39 nitrogen and oxygen atoms in total. The molecule has 1 fully saturated rings. The number of hydrogen-bond donors (Lipinski definition) is 21. The summed E-state index contributed by atoms with van der Waals surface area (Å²) in [4.78, 5) is 236. The Bertz CT molecular complexity index is 3650. The maximum absolute atomic E-state index is 14.8. The number of carboxylic acid groups (broad SMARTS) is 1. The molecule has 584 valence electrons. The van der Waals surface area contributed by atoms with Crippen LogP contribution in [0.5, 0.6) is 0 Å². The second kappa shape index (κ2) is 43.0. The van der Waals surface area contributed by atoms with Crippen molar-refractivity contribution >= 4 is 133 Å². The van der Waals surface area contributed by atoms with Crippen LogP contribution >= 0.6 is 21.6 Å². The highest BCUT2D eigenvalue weighted by atomic mass is 33.1. The van der Waals surface area contributed by atoms with Crippen LogP contribution in [0, 0.1) is 17.8 Å². The zero-order valence-electron chi connectivity index (χ0n) is 60.2. The average molecular weight is 1530 g/mol. The second-order valence-corrected chi connectivity index (χ2v) is 28.6. The van der Waals surface area contributed by atoms with Gasteiger partial charge in [0.25, 0.3) is 0 Å². The highest BCUT2D eigenvalue weighted by Crippen LogP contribution is 2.25. The van der Waals surface area contributed by atoms with Crippen molar-refractivity contribution in [1.29, 1.82) is 0 Å². The summed E-state index contributed by atoms with van der Waals surface area (Å²) in [5.74, 6) is -20.3. The highest BCUT2D eigenvalue weighted by Gasteiger charge is 2.39. The van der Waals surface area contributed by atoms with Crippen LogP contribution in [-0.4, -0.2) is 229 Å². The minimum atomic E-state index is -2.03. The van der Waals surface area contributed by atoms with Gasteiger partial charge in [0.15, 0.2) is 5.96 Å². The van der Waals surface area contributed by atoms with E-state index in [9.17, 15) is 86.9 Å². The number of benzene rings is 1. The summed E-state index contributed by atoms with van der Waals surface area (Å²) >= 11 is 0. The van der Waals surface area contributed by atoms with Crippen molar-refractivity contribution in [3.05, 3.63) is 54.2 Å². The number of imidazole rings is 1. The van der Waals surface area contributed by atoms with E-state index in [-0.39, 0.29) is 43.9 Å². The second-order valence-electron chi connectivity index (χ2n) is 26.1. The molecular formula is C65H99N21O18S2. The normalized spacial score (nSPS) is 23.4. The van der Waals surface area contributed by atoms with E-state index in [1.165, 1.54) is 60.3 Å². The molecular weight excluding hydrogens is 1430 g/mol. The summed E-state index contributed by atoms with van der Waals surface area (Å²) in [6, 6.07) is -12.7. The molecule has 4 rings (SSSR count). The standard InChI is InChI=1S/C65H99N21O18S2/c1-10-31(6)51(76-34(9)88)64(104)83-45-27-106-105-26-44(61(101)86-52(33(8)87)53(67)93)82-56(96)39(16-13-19-71-65(68)69)77-58(98)42(21-36-24-70-28-74-36)79-54(94)32(7)75-47(90)25-73-55(95)41(20-35-23-72-38-15-12-11-14-37(35)38)80-59(99)43(22-48(91)92)81-57(97)40(17-18-46(66)89)78-62(102)49(29(2)3)85-63(103)50(30(4)5)84-60(45)100/h11-12,14-15,23-24,28-33,39-45,49-52,72,87H,10,13,16-22,25-27H2,1-9H3,(H2,66,89)(H2,67,93)(H,70,74)(H,73,95)(H,75,90)(H,76,88)(H,77,98)(H,78,102)(H,79,94)(H,80,99)(H,81,97)(H,82,96)(H,83,104)(H,84,100)(H,85,103)(H,86,101)(H,91,92)(H4,68,69,71). The van der Waals surface area contributed by atoms with Crippen LogP contribution in [0.15, 0.2) is 48.0 Å². The molecule has 2 aromatic heterocycles. The van der Waals surface area contributed by atoms with Crippen LogP contribution < -0.4 is 92.1 Å². The molecule has 0 radical (unpaired) electrons. The number of carboxylic acids is 1. The number of carbonyl (C=O) groups is 16. The first-order chi connectivity index (χ1) is 49.9.